The molecule has 3 rings (SSSR count). The molecular formula is C21H23NO4. The molecule has 5 nitrogen and oxygen atoms in total. The average Bonchev–Trinajstić information content (AvgIpc) is 2.99. The molecular weight excluding hydrogens is 330 g/mol. The van der Waals surface area contributed by atoms with Crippen molar-refractivity contribution in [2.45, 2.75) is 25.3 Å². The van der Waals surface area contributed by atoms with Crippen LogP contribution in [0.1, 0.15) is 30.4 Å². The van der Waals surface area contributed by atoms with Crippen molar-refractivity contribution in [1.29, 1.82) is 0 Å². The molecule has 0 aromatic heterocycles. The lowest BCUT2D eigenvalue weighted by atomic mass is 9.97. The quantitative estimate of drug-likeness (QED) is 0.808. The SMILES string of the molecule is COC(=O)C(N)[C@@H](C)CC(=O)OCC1c2ccccc2-c2ccccc21. The normalized spacial score (nSPS) is 14.9. The van der Waals surface area contributed by atoms with Gasteiger partial charge in [-0.3, -0.25) is 9.59 Å². The van der Waals surface area contributed by atoms with E-state index in [0.717, 1.165) is 0 Å². The predicted molar refractivity (Wildman–Crippen MR) is 98.5 cm³/mol. The lowest BCUT2D eigenvalue weighted by molar-refractivity contribution is -0.147. The Morgan fingerprint density at radius 3 is 2.12 bits per heavy atom. The summed E-state index contributed by atoms with van der Waals surface area (Å²) in [5.41, 5.74) is 10.5. The summed E-state index contributed by atoms with van der Waals surface area (Å²) >= 11 is 0. The monoisotopic (exact) mass is 353 g/mol. The van der Waals surface area contributed by atoms with Crippen molar-refractivity contribution in [2.75, 3.05) is 13.7 Å². The molecule has 0 heterocycles. The first-order valence-corrected chi connectivity index (χ1v) is 8.70. The number of methoxy groups -OCH3 is 1. The van der Waals surface area contributed by atoms with Gasteiger partial charge in [-0.15, -0.1) is 0 Å². The molecule has 0 spiro atoms. The summed E-state index contributed by atoms with van der Waals surface area (Å²) in [4.78, 5) is 23.7. The predicted octanol–water partition coefficient (Wildman–Crippen LogP) is 2.87. The highest BCUT2D eigenvalue weighted by Gasteiger charge is 2.30. The van der Waals surface area contributed by atoms with Crippen molar-refractivity contribution in [3.63, 3.8) is 0 Å². The van der Waals surface area contributed by atoms with Crippen LogP contribution in [0.2, 0.25) is 0 Å². The number of carbonyl (C=O) groups is 2. The van der Waals surface area contributed by atoms with E-state index in [4.69, 9.17) is 10.5 Å². The molecule has 0 radical (unpaired) electrons. The number of carbonyl (C=O) groups excluding carboxylic acids is 2. The number of fused-ring (bicyclic) bond motifs is 3. The molecule has 1 aliphatic rings. The first-order chi connectivity index (χ1) is 12.5. The molecule has 1 unspecified atom stereocenters. The van der Waals surface area contributed by atoms with Crippen LogP contribution in [0.15, 0.2) is 48.5 Å². The van der Waals surface area contributed by atoms with E-state index >= 15 is 0 Å². The Kier molecular flexibility index (Phi) is 5.38. The van der Waals surface area contributed by atoms with E-state index in [-0.39, 0.29) is 30.8 Å². The molecule has 0 amide bonds. The van der Waals surface area contributed by atoms with Crippen LogP contribution in [0, 0.1) is 5.92 Å². The molecule has 26 heavy (non-hydrogen) atoms. The fourth-order valence-electron chi connectivity index (χ4n) is 3.43. The van der Waals surface area contributed by atoms with Gasteiger partial charge in [-0.05, 0) is 28.2 Å². The van der Waals surface area contributed by atoms with E-state index in [9.17, 15) is 9.59 Å². The Hall–Kier alpha value is -2.66. The minimum absolute atomic E-state index is 0.0240. The highest BCUT2D eigenvalue weighted by atomic mass is 16.5. The molecule has 2 atom stereocenters. The molecule has 2 N–H and O–H groups in total. The van der Waals surface area contributed by atoms with Crippen molar-refractivity contribution in [3.8, 4) is 11.1 Å². The van der Waals surface area contributed by atoms with Crippen LogP contribution < -0.4 is 5.73 Å². The van der Waals surface area contributed by atoms with Crippen molar-refractivity contribution >= 4 is 11.9 Å². The van der Waals surface area contributed by atoms with Crippen molar-refractivity contribution in [1.82, 2.24) is 0 Å². The summed E-state index contributed by atoms with van der Waals surface area (Å²) in [7, 11) is 1.28. The molecule has 0 bridgehead atoms. The van der Waals surface area contributed by atoms with Crippen molar-refractivity contribution in [3.05, 3.63) is 59.7 Å². The van der Waals surface area contributed by atoms with E-state index in [1.807, 2.05) is 24.3 Å². The highest BCUT2D eigenvalue weighted by Crippen LogP contribution is 2.44. The van der Waals surface area contributed by atoms with Crippen LogP contribution >= 0.6 is 0 Å². The van der Waals surface area contributed by atoms with Gasteiger partial charge in [0.05, 0.1) is 13.5 Å². The van der Waals surface area contributed by atoms with Gasteiger partial charge >= 0.3 is 11.9 Å². The molecule has 1 aliphatic carbocycles. The van der Waals surface area contributed by atoms with Crippen LogP contribution in [-0.4, -0.2) is 31.7 Å². The van der Waals surface area contributed by atoms with Crippen molar-refractivity contribution < 1.29 is 19.1 Å². The summed E-state index contributed by atoms with van der Waals surface area (Å²) in [5.74, 6) is -1.21. The second kappa shape index (κ2) is 7.70. The highest BCUT2D eigenvalue weighted by molar-refractivity contribution is 5.79. The van der Waals surface area contributed by atoms with Crippen LogP contribution in [0.4, 0.5) is 0 Å². The number of rotatable bonds is 6. The first kappa shape index (κ1) is 18.1. The zero-order valence-corrected chi connectivity index (χ0v) is 15.0. The Balaban J connectivity index is 1.67. The maximum atomic E-state index is 12.2. The Labute approximate surface area is 153 Å². The van der Waals surface area contributed by atoms with Crippen molar-refractivity contribution in [2.24, 2.45) is 11.7 Å². The van der Waals surface area contributed by atoms with Gasteiger partial charge in [0.15, 0.2) is 0 Å². The summed E-state index contributed by atoms with van der Waals surface area (Å²) < 4.78 is 10.1. The Morgan fingerprint density at radius 1 is 1.04 bits per heavy atom. The van der Waals surface area contributed by atoms with Gasteiger partial charge in [0.2, 0.25) is 0 Å². The first-order valence-electron chi connectivity index (χ1n) is 8.70. The minimum atomic E-state index is -0.833. The number of nitrogens with two attached hydrogens (primary N) is 1. The third-order valence-electron chi connectivity index (χ3n) is 4.95. The number of hydrogen-bond donors (Lipinski definition) is 1. The van der Waals surface area contributed by atoms with Gasteiger partial charge in [0.1, 0.15) is 12.6 Å². The smallest absolute Gasteiger partial charge is 0.322 e. The van der Waals surface area contributed by atoms with E-state index in [0.29, 0.717) is 0 Å². The second-order valence-electron chi connectivity index (χ2n) is 6.64. The van der Waals surface area contributed by atoms with E-state index in [1.54, 1.807) is 6.92 Å². The molecule has 0 fully saturated rings. The molecule has 0 aliphatic heterocycles. The van der Waals surface area contributed by atoms with Gasteiger partial charge < -0.3 is 15.2 Å². The topological polar surface area (TPSA) is 78.6 Å². The summed E-state index contributed by atoms with van der Waals surface area (Å²) in [6.45, 7) is 2.01. The van der Waals surface area contributed by atoms with Crippen LogP contribution in [0.3, 0.4) is 0 Å². The zero-order valence-electron chi connectivity index (χ0n) is 15.0. The lowest BCUT2D eigenvalue weighted by Crippen LogP contribution is -2.38. The minimum Gasteiger partial charge on any atom is -0.468 e. The third-order valence-corrected chi connectivity index (χ3v) is 4.95. The van der Waals surface area contributed by atoms with Gasteiger partial charge in [-0.25, -0.2) is 0 Å². The molecule has 136 valence electrons. The maximum Gasteiger partial charge on any atom is 0.322 e. The Bertz CT molecular complexity index is 772. The molecule has 5 heteroatoms. The molecule has 0 saturated carbocycles. The maximum absolute atomic E-state index is 12.2. The number of ether oxygens (including phenoxy) is 2. The number of esters is 2. The van der Waals surface area contributed by atoms with E-state index in [1.165, 1.54) is 29.4 Å². The van der Waals surface area contributed by atoms with Gasteiger partial charge in [0.25, 0.3) is 0 Å². The fraction of sp³-hybridized carbons (Fsp3) is 0.333. The second-order valence-corrected chi connectivity index (χ2v) is 6.64. The summed E-state index contributed by atoms with van der Waals surface area (Å²) in [5, 5.41) is 0. The molecule has 2 aromatic rings. The Morgan fingerprint density at radius 2 is 1.58 bits per heavy atom. The average molecular weight is 353 g/mol. The zero-order chi connectivity index (χ0) is 18.7. The number of hydrogen-bond acceptors (Lipinski definition) is 5. The van der Waals surface area contributed by atoms with Crippen LogP contribution in [-0.2, 0) is 19.1 Å². The molecule has 2 aromatic carbocycles. The van der Waals surface area contributed by atoms with E-state index in [2.05, 4.69) is 29.0 Å². The van der Waals surface area contributed by atoms with Crippen LogP contribution in [0.25, 0.3) is 11.1 Å². The summed E-state index contributed by atoms with van der Waals surface area (Å²) in [6, 6.07) is 15.5. The number of benzene rings is 2. The van der Waals surface area contributed by atoms with Gasteiger partial charge in [0, 0.05) is 5.92 Å². The lowest BCUT2D eigenvalue weighted by Gasteiger charge is -2.18. The standard InChI is InChI=1S/C21H23NO4/c1-13(20(22)21(24)25-2)11-19(23)26-12-18-16-9-5-3-7-14(16)15-8-4-6-10-17(15)18/h3-10,13,18,20H,11-12,22H2,1-2H3/t13-,20?/m0/s1. The largest absolute Gasteiger partial charge is 0.468 e. The summed E-state index contributed by atoms with van der Waals surface area (Å²) in [6.07, 6.45) is 0.0757. The van der Waals surface area contributed by atoms with Crippen LogP contribution in [0.5, 0.6) is 0 Å². The molecule has 0 saturated heterocycles. The third kappa shape index (κ3) is 3.48. The fourth-order valence-corrected chi connectivity index (χ4v) is 3.43. The van der Waals surface area contributed by atoms with E-state index < -0.39 is 12.0 Å². The van der Waals surface area contributed by atoms with Gasteiger partial charge in [-0.2, -0.15) is 0 Å². The van der Waals surface area contributed by atoms with Gasteiger partial charge in [-0.1, -0.05) is 55.5 Å².